The first-order chi connectivity index (χ1) is 6.86. The fourth-order valence-corrected chi connectivity index (χ4v) is 3.30. The van der Waals surface area contributed by atoms with Gasteiger partial charge in [-0.1, -0.05) is 0 Å². The summed E-state index contributed by atoms with van der Waals surface area (Å²) in [5.41, 5.74) is 0. The van der Waals surface area contributed by atoms with E-state index >= 15 is 0 Å². The van der Waals surface area contributed by atoms with Crippen molar-refractivity contribution in [1.82, 2.24) is 5.32 Å². The maximum absolute atomic E-state index is 9.20. The summed E-state index contributed by atoms with van der Waals surface area (Å²) in [5, 5.41) is 12.8. The number of thioether (sulfide) groups is 2. The van der Waals surface area contributed by atoms with Crippen LogP contribution in [0.2, 0.25) is 0 Å². The van der Waals surface area contributed by atoms with Gasteiger partial charge in [0.2, 0.25) is 0 Å². The van der Waals surface area contributed by atoms with Gasteiger partial charge in [-0.05, 0) is 37.0 Å². The minimum Gasteiger partial charge on any atom is -0.395 e. The zero-order valence-corrected chi connectivity index (χ0v) is 10.5. The minimum atomic E-state index is 0.279. The van der Waals surface area contributed by atoms with Crippen LogP contribution in [-0.2, 0) is 0 Å². The van der Waals surface area contributed by atoms with Crippen LogP contribution >= 0.6 is 23.5 Å². The van der Waals surface area contributed by atoms with Crippen LogP contribution in [0, 0.1) is 0 Å². The van der Waals surface area contributed by atoms with Crippen molar-refractivity contribution in [3.63, 3.8) is 0 Å². The van der Waals surface area contributed by atoms with Gasteiger partial charge < -0.3 is 10.4 Å². The predicted molar refractivity (Wildman–Crippen MR) is 67.4 cm³/mol. The fraction of sp³-hybridized carbons (Fsp3) is 1.00. The molecule has 0 radical (unpaired) electrons. The molecule has 1 aliphatic heterocycles. The molecule has 14 heavy (non-hydrogen) atoms. The molecule has 1 heterocycles. The van der Waals surface area contributed by atoms with Crippen LogP contribution in [0.1, 0.15) is 19.3 Å². The van der Waals surface area contributed by atoms with E-state index in [0.29, 0.717) is 12.1 Å². The van der Waals surface area contributed by atoms with Crippen LogP contribution in [0.15, 0.2) is 0 Å². The quantitative estimate of drug-likeness (QED) is 0.732. The van der Waals surface area contributed by atoms with Crippen molar-refractivity contribution < 1.29 is 5.11 Å². The maximum Gasteiger partial charge on any atom is 0.0585 e. The van der Waals surface area contributed by atoms with E-state index in [1.807, 2.05) is 23.5 Å². The summed E-state index contributed by atoms with van der Waals surface area (Å²) < 4.78 is 0. The lowest BCUT2D eigenvalue weighted by Gasteiger charge is -2.27. The molecule has 0 aromatic carbocycles. The first-order valence-electron chi connectivity index (χ1n) is 5.30. The van der Waals surface area contributed by atoms with Gasteiger partial charge in [-0.2, -0.15) is 23.5 Å². The van der Waals surface area contributed by atoms with Gasteiger partial charge in [-0.3, -0.25) is 0 Å². The van der Waals surface area contributed by atoms with Crippen molar-refractivity contribution in [2.75, 3.05) is 30.1 Å². The molecule has 2 N–H and O–H groups in total. The molecule has 0 aromatic rings. The highest BCUT2D eigenvalue weighted by molar-refractivity contribution is 7.99. The Balaban J connectivity index is 2.16. The fourth-order valence-electron chi connectivity index (χ4n) is 1.69. The summed E-state index contributed by atoms with van der Waals surface area (Å²) in [4.78, 5) is 0. The van der Waals surface area contributed by atoms with Crippen molar-refractivity contribution in [2.24, 2.45) is 0 Å². The number of nitrogens with one attached hydrogen (secondary N) is 1. The van der Waals surface area contributed by atoms with Crippen LogP contribution in [0.5, 0.6) is 0 Å². The number of hydrogen-bond acceptors (Lipinski definition) is 4. The number of hydrogen-bond donors (Lipinski definition) is 2. The molecule has 2 atom stereocenters. The number of aliphatic hydroxyl groups is 1. The average Bonchev–Trinajstić information content (AvgIpc) is 2.25. The van der Waals surface area contributed by atoms with Crippen LogP contribution in [0.4, 0.5) is 0 Å². The van der Waals surface area contributed by atoms with Crippen molar-refractivity contribution >= 4 is 23.5 Å². The molecule has 2 unspecified atom stereocenters. The van der Waals surface area contributed by atoms with Crippen LogP contribution < -0.4 is 5.32 Å². The predicted octanol–water partition coefficient (Wildman–Crippen LogP) is 1.59. The summed E-state index contributed by atoms with van der Waals surface area (Å²) in [6.07, 6.45) is 5.80. The van der Waals surface area contributed by atoms with Gasteiger partial charge in [0.05, 0.1) is 6.61 Å². The summed E-state index contributed by atoms with van der Waals surface area (Å²) in [5.74, 6) is 3.67. The largest absolute Gasteiger partial charge is 0.395 e. The normalized spacial score (nSPS) is 24.9. The van der Waals surface area contributed by atoms with Gasteiger partial charge in [0.15, 0.2) is 0 Å². The monoisotopic (exact) mass is 235 g/mol. The van der Waals surface area contributed by atoms with E-state index in [4.69, 9.17) is 0 Å². The lowest BCUT2D eigenvalue weighted by Crippen LogP contribution is -2.43. The van der Waals surface area contributed by atoms with E-state index in [-0.39, 0.29) is 6.61 Å². The second-order valence-electron chi connectivity index (χ2n) is 3.74. The number of rotatable bonds is 6. The Kier molecular flexibility index (Phi) is 7.12. The average molecular weight is 235 g/mol. The summed E-state index contributed by atoms with van der Waals surface area (Å²) >= 11 is 3.88. The van der Waals surface area contributed by atoms with E-state index in [2.05, 4.69) is 11.6 Å². The highest BCUT2D eigenvalue weighted by atomic mass is 32.2. The molecule has 0 saturated carbocycles. The molecule has 84 valence electrons. The van der Waals surface area contributed by atoms with E-state index in [9.17, 15) is 5.11 Å². The Morgan fingerprint density at radius 1 is 1.64 bits per heavy atom. The second kappa shape index (κ2) is 7.85. The topological polar surface area (TPSA) is 32.3 Å². The van der Waals surface area contributed by atoms with E-state index in [0.717, 1.165) is 12.2 Å². The lowest BCUT2D eigenvalue weighted by molar-refractivity contribution is 0.228. The van der Waals surface area contributed by atoms with E-state index < -0.39 is 0 Å². The molecule has 0 aromatic heterocycles. The van der Waals surface area contributed by atoms with E-state index in [1.54, 1.807) is 0 Å². The third kappa shape index (κ3) is 4.91. The molecule has 0 aliphatic carbocycles. The van der Waals surface area contributed by atoms with Gasteiger partial charge in [0.1, 0.15) is 0 Å². The van der Waals surface area contributed by atoms with Crippen molar-refractivity contribution in [1.29, 1.82) is 0 Å². The molecule has 1 rings (SSSR count). The summed E-state index contributed by atoms with van der Waals surface area (Å²) in [7, 11) is 0. The molecule has 0 spiro atoms. The zero-order valence-electron chi connectivity index (χ0n) is 8.87. The summed E-state index contributed by atoms with van der Waals surface area (Å²) in [6.45, 7) is 0.279. The Morgan fingerprint density at radius 3 is 3.07 bits per heavy atom. The smallest absolute Gasteiger partial charge is 0.0585 e. The van der Waals surface area contributed by atoms with Crippen molar-refractivity contribution in [3.8, 4) is 0 Å². The first kappa shape index (κ1) is 12.7. The Bertz CT molecular complexity index is 140. The van der Waals surface area contributed by atoms with Gasteiger partial charge in [0.25, 0.3) is 0 Å². The Hall–Kier alpha value is 0.620. The third-order valence-corrected chi connectivity index (χ3v) is 4.38. The van der Waals surface area contributed by atoms with Gasteiger partial charge in [-0.15, -0.1) is 0 Å². The SMILES string of the molecule is CSCCC(CO)NC1CCCSC1. The molecular formula is C10H21NOS2. The Morgan fingerprint density at radius 2 is 2.50 bits per heavy atom. The molecule has 1 aliphatic rings. The van der Waals surface area contributed by atoms with Gasteiger partial charge in [-0.25, -0.2) is 0 Å². The van der Waals surface area contributed by atoms with E-state index in [1.165, 1.54) is 24.3 Å². The second-order valence-corrected chi connectivity index (χ2v) is 5.88. The Labute approximate surface area is 95.6 Å². The molecule has 4 heteroatoms. The van der Waals surface area contributed by atoms with Gasteiger partial charge >= 0.3 is 0 Å². The molecule has 1 fully saturated rings. The van der Waals surface area contributed by atoms with Gasteiger partial charge in [0, 0.05) is 17.8 Å². The van der Waals surface area contributed by atoms with Crippen LogP contribution in [0.25, 0.3) is 0 Å². The molecular weight excluding hydrogens is 214 g/mol. The maximum atomic E-state index is 9.20. The standard InChI is InChI=1S/C10H21NOS2/c1-13-6-4-9(7-12)11-10-3-2-5-14-8-10/h9-12H,2-8H2,1H3. The highest BCUT2D eigenvalue weighted by Gasteiger charge is 2.17. The summed E-state index contributed by atoms with van der Waals surface area (Å²) in [6, 6.07) is 0.943. The van der Waals surface area contributed by atoms with Crippen LogP contribution in [0.3, 0.4) is 0 Å². The zero-order chi connectivity index (χ0) is 10.2. The molecule has 0 amide bonds. The van der Waals surface area contributed by atoms with Crippen molar-refractivity contribution in [3.05, 3.63) is 0 Å². The minimum absolute atomic E-state index is 0.279. The number of aliphatic hydroxyl groups excluding tert-OH is 1. The molecule has 1 saturated heterocycles. The van der Waals surface area contributed by atoms with Crippen LogP contribution in [-0.4, -0.2) is 47.3 Å². The first-order valence-corrected chi connectivity index (χ1v) is 7.85. The highest BCUT2D eigenvalue weighted by Crippen LogP contribution is 2.17. The molecule has 0 bridgehead atoms. The lowest BCUT2D eigenvalue weighted by atomic mass is 10.1. The third-order valence-electron chi connectivity index (χ3n) is 2.52. The van der Waals surface area contributed by atoms with Crippen molar-refractivity contribution in [2.45, 2.75) is 31.3 Å². The molecule has 2 nitrogen and oxygen atoms in total.